The summed E-state index contributed by atoms with van der Waals surface area (Å²) in [6, 6.07) is 11.6. The lowest BCUT2D eigenvalue weighted by atomic mass is 9.97. The van der Waals surface area contributed by atoms with E-state index in [4.69, 9.17) is 9.47 Å². The quantitative estimate of drug-likeness (QED) is 0.658. The van der Waals surface area contributed by atoms with Gasteiger partial charge in [0.2, 0.25) is 0 Å². The number of fused-ring (bicyclic) bond motifs is 1. The number of hydrogen-bond acceptors (Lipinski definition) is 5. The Morgan fingerprint density at radius 1 is 1.12 bits per heavy atom. The molecule has 134 valence electrons. The Morgan fingerprint density at radius 2 is 2.00 bits per heavy atom. The van der Waals surface area contributed by atoms with Crippen molar-refractivity contribution in [2.24, 2.45) is 0 Å². The first kappa shape index (κ1) is 17.1. The fourth-order valence-corrected chi connectivity index (χ4v) is 5.18. The molecule has 4 rings (SSSR count). The standard InChI is InChI=1S/C20H19NO3S2/c1-23-13-5-6-16(24-2)15(12-13)20(22)21-9-7-17-14(8-11-26-17)19(21)18-4-3-10-25-18/h3-6,8,10-12,19H,7,9H2,1-2H3. The molecule has 0 spiro atoms. The molecule has 1 aliphatic rings. The van der Waals surface area contributed by atoms with Crippen LogP contribution in [0.1, 0.15) is 31.7 Å². The summed E-state index contributed by atoms with van der Waals surface area (Å²) < 4.78 is 10.8. The van der Waals surface area contributed by atoms with Crippen molar-refractivity contribution in [3.63, 3.8) is 0 Å². The highest BCUT2D eigenvalue weighted by Crippen LogP contribution is 2.41. The van der Waals surface area contributed by atoms with Crippen LogP contribution in [0.15, 0.2) is 47.2 Å². The van der Waals surface area contributed by atoms with Crippen LogP contribution in [0.4, 0.5) is 0 Å². The average molecular weight is 386 g/mol. The van der Waals surface area contributed by atoms with Crippen molar-refractivity contribution < 1.29 is 14.3 Å². The zero-order valence-electron chi connectivity index (χ0n) is 14.6. The van der Waals surface area contributed by atoms with Gasteiger partial charge in [0.15, 0.2) is 0 Å². The van der Waals surface area contributed by atoms with Gasteiger partial charge in [-0.05, 0) is 53.1 Å². The number of amides is 1. The molecule has 3 heterocycles. The molecule has 0 saturated carbocycles. The molecule has 6 heteroatoms. The number of methoxy groups -OCH3 is 2. The molecule has 0 aliphatic carbocycles. The first-order valence-corrected chi connectivity index (χ1v) is 10.1. The molecule has 4 nitrogen and oxygen atoms in total. The van der Waals surface area contributed by atoms with Gasteiger partial charge < -0.3 is 14.4 Å². The van der Waals surface area contributed by atoms with E-state index in [1.807, 2.05) is 11.0 Å². The molecule has 2 aromatic heterocycles. The lowest BCUT2D eigenvalue weighted by Gasteiger charge is -2.35. The predicted molar refractivity (Wildman–Crippen MR) is 105 cm³/mol. The van der Waals surface area contributed by atoms with Gasteiger partial charge in [0.25, 0.3) is 5.91 Å². The third kappa shape index (κ3) is 2.89. The van der Waals surface area contributed by atoms with Gasteiger partial charge in [0, 0.05) is 16.3 Å². The molecule has 1 atom stereocenters. The molecule has 0 saturated heterocycles. The predicted octanol–water partition coefficient (Wildman–Crippen LogP) is 4.61. The second kappa shape index (κ2) is 7.13. The molecule has 1 unspecified atom stereocenters. The third-order valence-corrected chi connectivity index (χ3v) is 6.60. The van der Waals surface area contributed by atoms with Crippen LogP contribution in [-0.4, -0.2) is 31.6 Å². The minimum absolute atomic E-state index is 0.0315. The van der Waals surface area contributed by atoms with E-state index in [1.165, 1.54) is 15.3 Å². The van der Waals surface area contributed by atoms with E-state index in [0.717, 1.165) is 6.42 Å². The molecule has 0 radical (unpaired) electrons. The number of benzene rings is 1. The molecular weight excluding hydrogens is 366 g/mol. The van der Waals surface area contributed by atoms with E-state index in [1.54, 1.807) is 55.1 Å². The smallest absolute Gasteiger partial charge is 0.258 e. The van der Waals surface area contributed by atoms with E-state index in [0.29, 0.717) is 23.6 Å². The number of nitrogens with zero attached hydrogens (tertiary/aromatic N) is 1. The van der Waals surface area contributed by atoms with E-state index < -0.39 is 0 Å². The molecule has 0 N–H and O–H groups in total. The van der Waals surface area contributed by atoms with Gasteiger partial charge in [-0.1, -0.05) is 6.07 Å². The van der Waals surface area contributed by atoms with Crippen molar-refractivity contribution in [1.29, 1.82) is 0 Å². The molecule has 26 heavy (non-hydrogen) atoms. The van der Waals surface area contributed by atoms with Crippen LogP contribution in [-0.2, 0) is 6.42 Å². The van der Waals surface area contributed by atoms with Gasteiger partial charge >= 0.3 is 0 Å². The van der Waals surface area contributed by atoms with Crippen molar-refractivity contribution in [3.05, 3.63) is 68.0 Å². The summed E-state index contributed by atoms with van der Waals surface area (Å²) in [5.41, 5.74) is 1.77. The number of ether oxygens (including phenoxy) is 2. The number of carbonyl (C=O) groups excluding carboxylic acids is 1. The van der Waals surface area contributed by atoms with Gasteiger partial charge in [0.05, 0.1) is 25.8 Å². The van der Waals surface area contributed by atoms with Gasteiger partial charge in [-0.25, -0.2) is 0 Å². The minimum atomic E-state index is -0.0478. The molecule has 0 fully saturated rings. The average Bonchev–Trinajstić information content (AvgIpc) is 3.37. The maximum Gasteiger partial charge on any atom is 0.258 e. The van der Waals surface area contributed by atoms with E-state index in [2.05, 4.69) is 22.9 Å². The van der Waals surface area contributed by atoms with Crippen LogP contribution in [0, 0.1) is 0 Å². The molecule has 1 aliphatic heterocycles. The van der Waals surface area contributed by atoms with Crippen LogP contribution >= 0.6 is 22.7 Å². The highest BCUT2D eigenvalue weighted by atomic mass is 32.1. The Kier molecular flexibility index (Phi) is 4.70. The first-order chi connectivity index (χ1) is 12.7. The van der Waals surface area contributed by atoms with Crippen LogP contribution in [0.25, 0.3) is 0 Å². The minimum Gasteiger partial charge on any atom is -0.497 e. The second-order valence-corrected chi connectivity index (χ2v) is 8.01. The third-order valence-electron chi connectivity index (χ3n) is 4.68. The lowest BCUT2D eigenvalue weighted by molar-refractivity contribution is 0.0695. The van der Waals surface area contributed by atoms with Gasteiger partial charge in [-0.15, -0.1) is 22.7 Å². The summed E-state index contributed by atoms with van der Waals surface area (Å²) in [5, 5.41) is 4.18. The molecule has 0 bridgehead atoms. The first-order valence-electron chi connectivity index (χ1n) is 8.35. The highest BCUT2D eigenvalue weighted by Gasteiger charge is 2.35. The van der Waals surface area contributed by atoms with Gasteiger partial charge in [-0.2, -0.15) is 0 Å². The Bertz CT molecular complexity index is 917. The van der Waals surface area contributed by atoms with Crippen molar-refractivity contribution in [1.82, 2.24) is 4.90 Å². The maximum absolute atomic E-state index is 13.5. The lowest BCUT2D eigenvalue weighted by Crippen LogP contribution is -2.39. The van der Waals surface area contributed by atoms with E-state index >= 15 is 0 Å². The fraction of sp³-hybridized carbons (Fsp3) is 0.250. The van der Waals surface area contributed by atoms with Crippen molar-refractivity contribution >= 4 is 28.6 Å². The number of carbonyl (C=O) groups is 1. The van der Waals surface area contributed by atoms with Crippen LogP contribution in [0.2, 0.25) is 0 Å². The summed E-state index contributed by atoms with van der Waals surface area (Å²) in [6.45, 7) is 0.690. The monoisotopic (exact) mass is 385 g/mol. The number of rotatable bonds is 4. The van der Waals surface area contributed by atoms with Gasteiger partial charge in [-0.3, -0.25) is 4.79 Å². The topological polar surface area (TPSA) is 38.8 Å². The van der Waals surface area contributed by atoms with Crippen molar-refractivity contribution in [3.8, 4) is 11.5 Å². The molecule has 3 aromatic rings. The normalized spacial score (nSPS) is 16.2. The second-order valence-electron chi connectivity index (χ2n) is 6.03. The Labute approximate surface area is 160 Å². The Balaban J connectivity index is 1.78. The van der Waals surface area contributed by atoms with E-state index in [9.17, 15) is 4.79 Å². The SMILES string of the molecule is COc1ccc(OC)c(C(=O)N2CCc3sccc3C2c2cccs2)c1. The zero-order valence-corrected chi connectivity index (χ0v) is 16.2. The molecule has 1 aromatic carbocycles. The van der Waals surface area contributed by atoms with Crippen LogP contribution in [0.3, 0.4) is 0 Å². The van der Waals surface area contributed by atoms with Crippen LogP contribution < -0.4 is 9.47 Å². The van der Waals surface area contributed by atoms with E-state index in [-0.39, 0.29) is 11.9 Å². The van der Waals surface area contributed by atoms with Crippen molar-refractivity contribution in [2.75, 3.05) is 20.8 Å². The molecule has 1 amide bonds. The summed E-state index contributed by atoms with van der Waals surface area (Å²) in [5.74, 6) is 1.18. The summed E-state index contributed by atoms with van der Waals surface area (Å²) in [4.78, 5) is 18.0. The summed E-state index contributed by atoms with van der Waals surface area (Å²) >= 11 is 3.46. The highest BCUT2D eigenvalue weighted by molar-refractivity contribution is 7.10. The summed E-state index contributed by atoms with van der Waals surface area (Å²) in [7, 11) is 3.19. The maximum atomic E-state index is 13.5. The molecular formula is C20H19NO3S2. The van der Waals surface area contributed by atoms with Crippen molar-refractivity contribution in [2.45, 2.75) is 12.5 Å². The largest absolute Gasteiger partial charge is 0.497 e. The van der Waals surface area contributed by atoms with Crippen LogP contribution in [0.5, 0.6) is 11.5 Å². The summed E-state index contributed by atoms with van der Waals surface area (Å²) in [6.07, 6.45) is 0.882. The van der Waals surface area contributed by atoms with Gasteiger partial charge in [0.1, 0.15) is 11.5 Å². The number of thiophene rings is 2. The Morgan fingerprint density at radius 3 is 2.73 bits per heavy atom. The zero-order chi connectivity index (χ0) is 18.1. The Hall–Kier alpha value is -2.31. The number of hydrogen-bond donors (Lipinski definition) is 0. The fourth-order valence-electron chi connectivity index (χ4n) is 3.42.